The first-order valence-electron chi connectivity index (χ1n) is 8.84. The Balaban J connectivity index is 1.91. The smallest absolute Gasteiger partial charge is 0.338 e. The molecule has 0 fully saturated rings. The number of nitrogens with one attached hydrogen (secondary N) is 1. The van der Waals surface area contributed by atoms with E-state index in [4.69, 9.17) is 4.74 Å². The second-order valence-corrected chi connectivity index (χ2v) is 6.04. The third-order valence-electron chi connectivity index (χ3n) is 3.93. The fourth-order valence-corrected chi connectivity index (χ4v) is 2.43. The van der Waals surface area contributed by atoms with Crippen molar-refractivity contribution >= 4 is 23.3 Å². The molecule has 0 aliphatic rings. The van der Waals surface area contributed by atoms with Gasteiger partial charge >= 0.3 is 5.97 Å². The molecular formula is C20H22N2O5. The summed E-state index contributed by atoms with van der Waals surface area (Å²) >= 11 is 0. The van der Waals surface area contributed by atoms with Crippen molar-refractivity contribution < 1.29 is 19.2 Å². The van der Waals surface area contributed by atoms with E-state index in [0.717, 1.165) is 25.7 Å². The Morgan fingerprint density at radius 3 is 2.44 bits per heavy atom. The zero-order valence-electron chi connectivity index (χ0n) is 15.1. The maximum Gasteiger partial charge on any atom is 0.338 e. The number of benzene rings is 2. The van der Waals surface area contributed by atoms with Crippen molar-refractivity contribution in [2.75, 3.05) is 11.9 Å². The van der Waals surface area contributed by atoms with Crippen LogP contribution in [0.4, 0.5) is 11.4 Å². The predicted molar refractivity (Wildman–Crippen MR) is 102 cm³/mol. The Labute approximate surface area is 157 Å². The fraction of sp³-hybridized carbons (Fsp3) is 0.300. The third kappa shape index (κ3) is 6.22. The molecule has 2 aromatic rings. The molecule has 0 saturated carbocycles. The lowest BCUT2D eigenvalue weighted by molar-refractivity contribution is -0.384. The number of carbonyl (C=O) groups is 2. The molecule has 0 aliphatic heterocycles. The number of ether oxygens (including phenoxy) is 1. The molecule has 0 saturated heterocycles. The summed E-state index contributed by atoms with van der Waals surface area (Å²) in [7, 11) is 0. The van der Waals surface area contributed by atoms with Crippen molar-refractivity contribution in [3.05, 3.63) is 69.8 Å². The number of nitro benzene ring substituents is 1. The van der Waals surface area contributed by atoms with Gasteiger partial charge in [0.15, 0.2) is 0 Å². The van der Waals surface area contributed by atoms with Gasteiger partial charge in [-0.05, 0) is 36.8 Å². The second-order valence-electron chi connectivity index (χ2n) is 6.04. The maximum absolute atomic E-state index is 12.2. The first-order valence-corrected chi connectivity index (χ1v) is 8.84. The molecule has 1 N–H and O–H groups in total. The van der Waals surface area contributed by atoms with Crippen molar-refractivity contribution in [2.24, 2.45) is 0 Å². The van der Waals surface area contributed by atoms with Gasteiger partial charge in [0.05, 0.1) is 17.1 Å². The Bertz CT molecular complexity index is 802. The molecule has 0 radical (unpaired) electrons. The van der Waals surface area contributed by atoms with Crippen molar-refractivity contribution in [1.82, 2.24) is 0 Å². The highest BCUT2D eigenvalue weighted by Crippen LogP contribution is 2.16. The average Bonchev–Trinajstić information content (AvgIpc) is 2.68. The summed E-state index contributed by atoms with van der Waals surface area (Å²) in [5, 5.41) is 13.4. The average molecular weight is 370 g/mol. The van der Waals surface area contributed by atoms with Crippen molar-refractivity contribution in [3.63, 3.8) is 0 Å². The number of anilines is 1. The lowest BCUT2D eigenvalue weighted by atomic mass is 10.1. The van der Waals surface area contributed by atoms with Gasteiger partial charge in [-0.25, -0.2) is 4.79 Å². The Morgan fingerprint density at radius 1 is 1.04 bits per heavy atom. The molecule has 2 aromatic carbocycles. The van der Waals surface area contributed by atoms with E-state index in [0.29, 0.717) is 17.9 Å². The molecule has 27 heavy (non-hydrogen) atoms. The minimum Gasteiger partial charge on any atom is -0.462 e. The first-order chi connectivity index (χ1) is 13.0. The van der Waals surface area contributed by atoms with Gasteiger partial charge in [-0.2, -0.15) is 0 Å². The highest BCUT2D eigenvalue weighted by molar-refractivity contribution is 6.04. The number of hydrogen-bond donors (Lipinski definition) is 1. The fourth-order valence-electron chi connectivity index (χ4n) is 2.43. The Hall–Kier alpha value is -3.22. The van der Waals surface area contributed by atoms with E-state index in [2.05, 4.69) is 12.2 Å². The van der Waals surface area contributed by atoms with Crippen LogP contribution in [0.15, 0.2) is 48.5 Å². The number of rotatable bonds is 9. The molecule has 7 heteroatoms. The number of carbonyl (C=O) groups excluding carboxylic acids is 2. The summed E-state index contributed by atoms with van der Waals surface area (Å²) < 4.78 is 5.21. The molecule has 2 rings (SSSR count). The molecule has 0 spiro atoms. The molecule has 142 valence electrons. The largest absolute Gasteiger partial charge is 0.462 e. The number of non-ortho nitro benzene ring substituents is 1. The molecule has 0 bridgehead atoms. The second kappa shape index (κ2) is 10.1. The van der Waals surface area contributed by atoms with Crippen LogP contribution in [-0.4, -0.2) is 23.4 Å². The van der Waals surface area contributed by atoms with Gasteiger partial charge in [-0.1, -0.05) is 32.3 Å². The zero-order chi connectivity index (χ0) is 19.6. The van der Waals surface area contributed by atoms with Crippen molar-refractivity contribution in [3.8, 4) is 0 Å². The number of unbranched alkanes of at least 4 members (excludes halogenated alkanes) is 3. The maximum atomic E-state index is 12.2. The van der Waals surface area contributed by atoms with E-state index >= 15 is 0 Å². The van der Waals surface area contributed by atoms with E-state index in [1.54, 1.807) is 24.3 Å². The zero-order valence-corrected chi connectivity index (χ0v) is 15.1. The van der Waals surface area contributed by atoms with Crippen LogP contribution in [0.5, 0.6) is 0 Å². The molecule has 0 aliphatic carbocycles. The summed E-state index contributed by atoms with van der Waals surface area (Å²) in [6.07, 6.45) is 4.12. The van der Waals surface area contributed by atoms with Crippen LogP contribution in [0.25, 0.3) is 0 Å². The predicted octanol–water partition coefficient (Wildman–Crippen LogP) is 4.58. The summed E-state index contributed by atoms with van der Waals surface area (Å²) in [6.45, 7) is 2.51. The van der Waals surface area contributed by atoms with Gasteiger partial charge in [-0.15, -0.1) is 0 Å². The van der Waals surface area contributed by atoms with Crippen LogP contribution in [0.3, 0.4) is 0 Å². The Kier molecular flexibility index (Phi) is 7.49. The van der Waals surface area contributed by atoms with Crippen LogP contribution < -0.4 is 5.32 Å². The first kappa shape index (κ1) is 20.1. The summed E-state index contributed by atoms with van der Waals surface area (Å²) in [6, 6.07) is 11.8. The summed E-state index contributed by atoms with van der Waals surface area (Å²) in [5.41, 5.74) is 0.907. The molecule has 0 unspecified atom stereocenters. The van der Waals surface area contributed by atoms with Gasteiger partial charge in [0.1, 0.15) is 0 Å². The monoisotopic (exact) mass is 370 g/mol. The summed E-state index contributed by atoms with van der Waals surface area (Å²) in [5.74, 6) is -0.868. The number of esters is 1. The van der Waals surface area contributed by atoms with Gasteiger partial charge in [0.25, 0.3) is 11.6 Å². The number of nitrogens with zero attached hydrogens (tertiary/aromatic N) is 1. The standard InChI is InChI=1S/C20H22N2O5/c1-2-3-4-5-13-27-20(24)15-9-11-17(12-10-15)21-19(23)16-7-6-8-18(14-16)22(25)26/h6-12,14H,2-5,13H2,1H3,(H,21,23). The van der Waals surface area contributed by atoms with Crippen LogP contribution >= 0.6 is 0 Å². The van der Waals surface area contributed by atoms with Gasteiger partial charge in [-0.3, -0.25) is 14.9 Å². The number of hydrogen-bond acceptors (Lipinski definition) is 5. The van der Waals surface area contributed by atoms with Gasteiger partial charge in [0.2, 0.25) is 0 Å². The highest BCUT2D eigenvalue weighted by Gasteiger charge is 2.12. The number of amides is 1. The van der Waals surface area contributed by atoms with E-state index < -0.39 is 16.8 Å². The SMILES string of the molecule is CCCCCCOC(=O)c1ccc(NC(=O)c2cccc([N+](=O)[O-])c2)cc1. The van der Waals surface area contributed by atoms with E-state index in [-0.39, 0.29) is 11.3 Å². The van der Waals surface area contributed by atoms with Gasteiger partial charge in [0, 0.05) is 23.4 Å². The quantitative estimate of drug-likeness (QED) is 0.301. The lowest BCUT2D eigenvalue weighted by Crippen LogP contribution is -2.12. The van der Waals surface area contributed by atoms with Crippen LogP contribution in [-0.2, 0) is 4.74 Å². The van der Waals surface area contributed by atoms with Crippen LogP contribution in [0.1, 0.15) is 53.3 Å². The lowest BCUT2D eigenvalue weighted by Gasteiger charge is -2.07. The van der Waals surface area contributed by atoms with E-state index in [1.807, 2.05) is 0 Å². The topological polar surface area (TPSA) is 98.5 Å². The third-order valence-corrected chi connectivity index (χ3v) is 3.93. The summed E-state index contributed by atoms with van der Waals surface area (Å²) in [4.78, 5) is 34.4. The molecule has 0 aromatic heterocycles. The Morgan fingerprint density at radius 2 is 1.78 bits per heavy atom. The van der Waals surface area contributed by atoms with Crippen molar-refractivity contribution in [2.45, 2.75) is 32.6 Å². The number of nitro groups is 1. The molecular weight excluding hydrogens is 348 g/mol. The molecule has 7 nitrogen and oxygen atoms in total. The highest BCUT2D eigenvalue weighted by atomic mass is 16.6. The molecule has 0 heterocycles. The van der Waals surface area contributed by atoms with Crippen molar-refractivity contribution in [1.29, 1.82) is 0 Å². The normalized spacial score (nSPS) is 10.3. The van der Waals surface area contributed by atoms with Crippen LogP contribution in [0.2, 0.25) is 0 Å². The minimum atomic E-state index is -0.556. The van der Waals surface area contributed by atoms with E-state index in [9.17, 15) is 19.7 Å². The minimum absolute atomic E-state index is 0.153. The van der Waals surface area contributed by atoms with E-state index in [1.165, 1.54) is 24.3 Å². The molecule has 1 amide bonds. The van der Waals surface area contributed by atoms with Gasteiger partial charge < -0.3 is 10.1 Å². The van der Waals surface area contributed by atoms with Crippen LogP contribution in [0, 0.1) is 10.1 Å². The molecule has 0 atom stereocenters.